The van der Waals surface area contributed by atoms with Crippen molar-refractivity contribution < 1.29 is 0 Å². The number of aryl methyl sites for hydroxylation is 2. The van der Waals surface area contributed by atoms with Gasteiger partial charge in [0.05, 0.1) is 0 Å². The van der Waals surface area contributed by atoms with Gasteiger partial charge in [-0.1, -0.05) is 13.0 Å². The van der Waals surface area contributed by atoms with Crippen molar-refractivity contribution in [3.05, 3.63) is 29.1 Å². The van der Waals surface area contributed by atoms with E-state index in [1.54, 1.807) is 5.56 Å². The topological polar surface area (TPSA) is 24.9 Å². The molecule has 3 atom stereocenters. The molecule has 1 saturated heterocycles. The monoisotopic (exact) mass is 312 g/mol. The maximum absolute atomic E-state index is 4.80. The number of pyridine rings is 1. The van der Waals surface area contributed by atoms with E-state index in [1.807, 2.05) is 0 Å². The number of nitrogens with one attached hydrogen (secondary N) is 1. The largest absolute Gasteiger partial charge is 0.314 e. The van der Waals surface area contributed by atoms with Crippen molar-refractivity contribution in [3.63, 3.8) is 0 Å². The van der Waals surface area contributed by atoms with Gasteiger partial charge in [-0.25, -0.2) is 0 Å². The molecule has 0 amide bonds. The molecule has 126 valence electrons. The number of aromatic nitrogens is 1. The van der Waals surface area contributed by atoms with Gasteiger partial charge in [0.2, 0.25) is 0 Å². The van der Waals surface area contributed by atoms with Crippen LogP contribution in [-0.2, 0) is 19.3 Å². The summed E-state index contributed by atoms with van der Waals surface area (Å²) in [6, 6.07) is 3.29. The van der Waals surface area contributed by atoms with Gasteiger partial charge in [0, 0.05) is 17.9 Å². The van der Waals surface area contributed by atoms with Gasteiger partial charge in [-0.05, 0) is 99.6 Å². The molecule has 23 heavy (non-hydrogen) atoms. The second-order valence-corrected chi connectivity index (χ2v) is 8.68. The quantitative estimate of drug-likeness (QED) is 0.872. The first-order chi connectivity index (χ1) is 11.2. The first-order valence-electron chi connectivity index (χ1n) is 9.92. The second kappa shape index (κ2) is 6.55. The van der Waals surface area contributed by atoms with Crippen molar-refractivity contribution in [3.8, 4) is 0 Å². The fraction of sp³-hybridized carbons (Fsp3) is 0.762. The minimum atomic E-state index is 0.476. The SMILES string of the molecule is CC1(Cc2cnc3c(c2)CCCC3)CCC2CCCNC2CC1. The normalized spacial score (nSPS) is 34.3. The Morgan fingerprint density at radius 3 is 2.96 bits per heavy atom. The number of nitrogens with zero attached hydrogens (tertiary/aromatic N) is 1. The summed E-state index contributed by atoms with van der Waals surface area (Å²) in [5.41, 5.74) is 4.89. The van der Waals surface area contributed by atoms with E-state index >= 15 is 0 Å². The lowest BCUT2D eigenvalue weighted by Gasteiger charge is -2.30. The molecule has 2 heteroatoms. The first-order valence-corrected chi connectivity index (χ1v) is 9.92. The molecule has 2 fully saturated rings. The molecule has 1 saturated carbocycles. The van der Waals surface area contributed by atoms with Crippen molar-refractivity contribution in [2.45, 2.75) is 83.6 Å². The lowest BCUT2D eigenvalue weighted by Crippen LogP contribution is -2.40. The first kappa shape index (κ1) is 15.6. The van der Waals surface area contributed by atoms with E-state index in [1.165, 1.54) is 88.4 Å². The summed E-state index contributed by atoms with van der Waals surface area (Å²) in [5, 5.41) is 3.79. The fourth-order valence-electron chi connectivity index (χ4n) is 5.27. The summed E-state index contributed by atoms with van der Waals surface area (Å²) >= 11 is 0. The summed E-state index contributed by atoms with van der Waals surface area (Å²) in [6.45, 7) is 3.77. The Morgan fingerprint density at radius 2 is 2.00 bits per heavy atom. The van der Waals surface area contributed by atoms with E-state index < -0.39 is 0 Å². The highest BCUT2D eigenvalue weighted by Gasteiger charge is 2.35. The maximum Gasteiger partial charge on any atom is 0.0435 e. The van der Waals surface area contributed by atoms with E-state index in [4.69, 9.17) is 4.98 Å². The molecular weight excluding hydrogens is 280 g/mol. The molecule has 2 aliphatic carbocycles. The highest BCUT2D eigenvalue weighted by atomic mass is 14.9. The highest BCUT2D eigenvalue weighted by Crippen LogP contribution is 2.41. The van der Waals surface area contributed by atoms with Gasteiger partial charge in [-0.15, -0.1) is 0 Å². The van der Waals surface area contributed by atoms with E-state index in [0.29, 0.717) is 5.41 Å². The number of hydrogen-bond acceptors (Lipinski definition) is 2. The van der Waals surface area contributed by atoms with Crippen LogP contribution in [0.25, 0.3) is 0 Å². The second-order valence-electron chi connectivity index (χ2n) is 8.68. The minimum Gasteiger partial charge on any atom is -0.314 e. The number of rotatable bonds is 2. The molecule has 3 unspecified atom stereocenters. The van der Waals surface area contributed by atoms with Crippen LogP contribution in [0.1, 0.15) is 75.1 Å². The van der Waals surface area contributed by atoms with Crippen molar-refractivity contribution in [1.82, 2.24) is 10.3 Å². The summed E-state index contributed by atoms with van der Waals surface area (Å²) < 4.78 is 0. The smallest absolute Gasteiger partial charge is 0.0435 e. The Labute approximate surface area is 141 Å². The Bertz CT molecular complexity index is 535. The molecule has 3 aliphatic rings. The average Bonchev–Trinajstić information content (AvgIpc) is 2.75. The number of piperidine rings is 1. The lowest BCUT2D eigenvalue weighted by atomic mass is 9.77. The van der Waals surface area contributed by atoms with Crippen LogP contribution in [0.15, 0.2) is 12.3 Å². The molecule has 2 heterocycles. The van der Waals surface area contributed by atoms with Crippen molar-refractivity contribution in [2.75, 3.05) is 6.54 Å². The van der Waals surface area contributed by atoms with Crippen molar-refractivity contribution in [2.24, 2.45) is 11.3 Å². The van der Waals surface area contributed by atoms with Gasteiger partial charge in [0.15, 0.2) is 0 Å². The van der Waals surface area contributed by atoms with Crippen LogP contribution in [0.5, 0.6) is 0 Å². The van der Waals surface area contributed by atoms with Gasteiger partial charge in [0.1, 0.15) is 0 Å². The zero-order valence-corrected chi connectivity index (χ0v) is 14.7. The molecule has 0 spiro atoms. The van der Waals surface area contributed by atoms with Crippen molar-refractivity contribution in [1.29, 1.82) is 0 Å². The number of hydrogen-bond donors (Lipinski definition) is 1. The Morgan fingerprint density at radius 1 is 1.13 bits per heavy atom. The molecule has 0 radical (unpaired) electrons. The molecule has 1 aromatic rings. The lowest BCUT2D eigenvalue weighted by molar-refractivity contribution is 0.262. The molecule has 1 aliphatic heterocycles. The number of fused-ring (bicyclic) bond motifs is 2. The minimum absolute atomic E-state index is 0.476. The van der Waals surface area contributed by atoms with E-state index in [0.717, 1.165) is 12.0 Å². The summed E-state index contributed by atoms with van der Waals surface area (Å²) in [4.78, 5) is 4.80. The van der Waals surface area contributed by atoms with E-state index in [9.17, 15) is 0 Å². The fourth-order valence-corrected chi connectivity index (χ4v) is 5.27. The molecule has 0 bridgehead atoms. The molecule has 0 aromatic carbocycles. The molecule has 1 N–H and O–H groups in total. The standard InChI is InChI=1S/C21H32N2/c1-21(10-8-17-6-4-12-22-20(17)9-11-21)14-16-13-18-5-2-3-7-19(18)23-15-16/h13,15,17,20,22H,2-12,14H2,1H3. The molecule has 2 nitrogen and oxygen atoms in total. The third-order valence-electron chi connectivity index (χ3n) is 6.76. The predicted octanol–water partition coefficient (Wildman–Crippen LogP) is 4.45. The zero-order chi connectivity index (χ0) is 15.7. The van der Waals surface area contributed by atoms with Gasteiger partial charge < -0.3 is 5.32 Å². The van der Waals surface area contributed by atoms with Crippen molar-refractivity contribution >= 4 is 0 Å². The van der Waals surface area contributed by atoms with Crippen LogP contribution < -0.4 is 5.32 Å². The Balaban J connectivity index is 1.46. The van der Waals surface area contributed by atoms with Crippen LogP contribution in [0.2, 0.25) is 0 Å². The molecular formula is C21H32N2. The third kappa shape index (κ3) is 3.47. The molecule has 4 rings (SSSR count). The highest BCUT2D eigenvalue weighted by molar-refractivity contribution is 5.28. The summed E-state index contributed by atoms with van der Waals surface area (Å²) in [6.07, 6.45) is 16.9. The van der Waals surface area contributed by atoms with Crippen LogP contribution in [0.4, 0.5) is 0 Å². The van der Waals surface area contributed by atoms with Gasteiger partial charge >= 0.3 is 0 Å². The van der Waals surface area contributed by atoms with Crippen LogP contribution in [-0.4, -0.2) is 17.6 Å². The average molecular weight is 313 g/mol. The Hall–Kier alpha value is -0.890. The summed E-state index contributed by atoms with van der Waals surface area (Å²) in [7, 11) is 0. The molecule has 1 aromatic heterocycles. The van der Waals surface area contributed by atoms with E-state index in [-0.39, 0.29) is 0 Å². The van der Waals surface area contributed by atoms with E-state index in [2.05, 4.69) is 24.5 Å². The zero-order valence-electron chi connectivity index (χ0n) is 14.7. The third-order valence-corrected chi connectivity index (χ3v) is 6.76. The predicted molar refractivity (Wildman–Crippen MR) is 95.7 cm³/mol. The Kier molecular flexibility index (Phi) is 4.45. The van der Waals surface area contributed by atoms with Crippen LogP contribution in [0.3, 0.4) is 0 Å². The van der Waals surface area contributed by atoms with Crippen LogP contribution in [0, 0.1) is 11.3 Å². The van der Waals surface area contributed by atoms with Gasteiger partial charge in [-0.3, -0.25) is 4.98 Å². The maximum atomic E-state index is 4.80. The summed E-state index contributed by atoms with van der Waals surface area (Å²) in [5.74, 6) is 0.937. The van der Waals surface area contributed by atoms with Crippen LogP contribution >= 0.6 is 0 Å². The van der Waals surface area contributed by atoms with Gasteiger partial charge in [-0.2, -0.15) is 0 Å². The van der Waals surface area contributed by atoms with Gasteiger partial charge in [0.25, 0.3) is 0 Å².